The maximum absolute atomic E-state index is 11.7. The summed E-state index contributed by atoms with van der Waals surface area (Å²) in [6, 6.07) is -1.08. The van der Waals surface area contributed by atoms with Gasteiger partial charge in [0.25, 0.3) is 0 Å². The van der Waals surface area contributed by atoms with Crippen LogP contribution < -0.4 is 5.32 Å². The fourth-order valence-corrected chi connectivity index (χ4v) is 1.14. The predicted molar refractivity (Wildman–Crippen MR) is 62.0 cm³/mol. The minimum Gasteiger partial charge on any atom is -0.469 e. The van der Waals surface area contributed by atoms with Crippen molar-refractivity contribution in [3.8, 4) is 0 Å². The van der Waals surface area contributed by atoms with Crippen molar-refractivity contribution >= 4 is 18.0 Å². The van der Waals surface area contributed by atoms with Gasteiger partial charge >= 0.3 is 18.0 Å². The molecule has 0 aliphatic rings. The zero-order chi connectivity index (χ0) is 14.3. The topological polar surface area (TPSA) is 102 Å². The largest absolute Gasteiger partial charge is 0.469 e. The van der Waals surface area contributed by atoms with E-state index in [4.69, 9.17) is 9.84 Å². The molecule has 1 amide bonds. The van der Waals surface area contributed by atoms with Crippen molar-refractivity contribution in [2.45, 2.75) is 45.3 Å². The second-order valence-electron chi connectivity index (χ2n) is 4.65. The average molecular weight is 261 g/mol. The number of hydrogen-bond acceptors (Lipinski definition) is 5. The van der Waals surface area contributed by atoms with Crippen LogP contribution in [0.15, 0.2) is 0 Å². The monoisotopic (exact) mass is 261 g/mol. The lowest BCUT2D eigenvalue weighted by molar-refractivity contribution is -0.157. The molecule has 104 valence electrons. The summed E-state index contributed by atoms with van der Waals surface area (Å²) in [5, 5.41) is 10.6. The van der Waals surface area contributed by atoms with E-state index in [1.807, 2.05) is 5.32 Å². The number of carbonyl (C=O) groups excluding carboxylic acids is 2. The van der Waals surface area contributed by atoms with E-state index >= 15 is 0 Å². The van der Waals surface area contributed by atoms with Crippen molar-refractivity contribution in [1.29, 1.82) is 0 Å². The summed E-state index contributed by atoms with van der Waals surface area (Å²) in [7, 11) is 1.22. The molecule has 0 saturated heterocycles. The summed E-state index contributed by atoms with van der Waals surface area (Å²) in [6.07, 6.45) is -1.43. The molecule has 0 aliphatic carbocycles. The van der Waals surface area contributed by atoms with Crippen LogP contribution in [-0.2, 0) is 19.1 Å². The molecule has 0 rings (SSSR count). The average Bonchev–Trinajstić information content (AvgIpc) is 2.20. The lowest BCUT2D eigenvalue weighted by atomic mass is 10.1. The van der Waals surface area contributed by atoms with Gasteiger partial charge in [-0.2, -0.15) is 0 Å². The van der Waals surface area contributed by atoms with Crippen LogP contribution in [0.5, 0.6) is 0 Å². The smallest absolute Gasteiger partial charge is 0.405 e. The molecule has 0 bridgehead atoms. The molecule has 0 radical (unpaired) electrons. The molecule has 0 spiro atoms. The Kier molecular flexibility index (Phi) is 6.15. The Morgan fingerprint density at radius 1 is 1.28 bits per heavy atom. The number of nitrogens with one attached hydrogen (secondary N) is 1. The molecule has 18 heavy (non-hydrogen) atoms. The Morgan fingerprint density at radius 2 is 1.83 bits per heavy atom. The van der Waals surface area contributed by atoms with Crippen LogP contribution >= 0.6 is 0 Å². The van der Waals surface area contributed by atoms with Gasteiger partial charge < -0.3 is 19.9 Å². The molecule has 0 fully saturated rings. The number of carboxylic acid groups (broad SMARTS) is 1. The molecule has 2 N–H and O–H groups in total. The minimum absolute atomic E-state index is 0.00606. The van der Waals surface area contributed by atoms with E-state index in [1.54, 1.807) is 20.8 Å². The third-order valence-electron chi connectivity index (χ3n) is 1.85. The quantitative estimate of drug-likeness (QED) is 0.713. The van der Waals surface area contributed by atoms with E-state index in [9.17, 15) is 14.4 Å². The van der Waals surface area contributed by atoms with Crippen molar-refractivity contribution < 1.29 is 29.0 Å². The summed E-state index contributed by atoms with van der Waals surface area (Å²) in [4.78, 5) is 33.2. The molecule has 0 aliphatic heterocycles. The molecule has 7 nitrogen and oxygen atoms in total. The first kappa shape index (κ1) is 16.2. The molecular formula is C11H19NO6. The molecule has 0 unspecified atom stereocenters. The Balaban J connectivity index is 4.52. The number of carbonyl (C=O) groups is 3. The number of rotatable bonds is 5. The Bertz CT molecular complexity index is 320. The highest BCUT2D eigenvalue weighted by Gasteiger charge is 2.27. The van der Waals surface area contributed by atoms with Crippen LogP contribution in [0.2, 0.25) is 0 Å². The summed E-state index contributed by atoms with van der Waals surface area (Å²) >= 11 is 0. The Morgan fingerprint density at radius 3 is 2.22 bits per heavy atom. The van der Waals surface area contributed by atoms with Gasteiger partial charge in [0.05, 0.1) is 7.11 Å². The van der Waals surface area contributed by atoms with E-state index in [0.29, 0.717) is 0 Å². The highest BCUT2D eigenvalue weighted by molar-refractivity contribution is 5.81. The zero-order valence-corrected chi connectivity index (χ0v) is 11.0. The Hall–Kier alpha value is -1.79. The van der Waals surface area contributed by atoms with Gasteiger partial charge in [-0.1, -0.05) is 0 Å². The lowest BCUT2D eigenvalue weighted by Crippen LogP contribution is -2.43. The van der Waals surface area contributed by atoms with Gasteiger partial charge in [0.2, 0.25) is 0 Å². The maximum Gasteiger partial charge on any atom is 0.405 e. The van der Waals surface area contributed by atoms with E-state index < -0.39 is 29.7 Å². The van der Waals surface area contributed by atoms with Crippen molar-refractivity contribution in [2.75, 3.05) is 7.11 Å². The molecule has 0 saturated carbocycles. The highest BCUT2D eigenvalue weighted by atomic mass is 16.6. The lowest BCUT2D eigenvalue weighted by Gasteiger charge is -2.23. The molecule has 0 aromatic rings. The van der Waals surface area contributed by atoms with Gasteiger partial charge in [0, 0.05) is 6.42 Å². The summed E-state index contributed by atoms with van der Waals surface area (Å²) < 4.78 is 9.47. The van der Waals surface area contributed by atoms with E-state index in [2.05, 4.69) is 4.74 Å². The van der Waals surface area contributed by atoms with Crippen LogP contribution in [0.25, 0.3) is 0 Å². The van der Waals surface area contributed by atoms with Gasteiger partial charge in [-0.15, -0.1) is 0 Å². The van der Waals surface area contributed by atoms with Gasteiger partial charge in [-0.3, -0.25) is 4.79 Å². The van der Waals surface area contributed by atoms with Crippen molar-refractivity contribution in [3.63, 3.8) is 0 Å². The third kappa shape index (κ3) is 7.48. The molecule has 0 aromatic carbocycles. The molecule has 7 heteroatoms. The number of hydrogen-bond donors (Lipinski definition) is 2. The van der Waals surface area contributed by atoms with Gasteiger partial charge in [-0.05, 0) is 27.2 Å². The van der Waals surface area contributed by atoms with Gasteiger partial charge in [0.15, 0.2) is 0 Å². The summed E-state index contributed by atoms with van der Waals surface area (Å²) in [5.74, 6) is -1.23. The molecule has 1 atom stereocenters. The van der Waals surface area contributed by atoms with Gasteiger partial charge in [-0.25, -0.2) is 9.59 Å². The van der Waals surface area contributed by atoms with Gasteiger partial charge in [0.1, 0.15) is 11.6 Å². The maximum atomic E-state index is 11.7. The predicted octanol–water partition coefficient (Wildman–Crippen LogP) is 0.917. The SMILES string of the molecule is COC(=O)CC[C@H](NC(=O)O)C(=O)OC(C)(C)C. The van der Waals surface area contributed by atoms with Crippen molar-refractivity contribution in [1.82, 2.24) is 5.32 Å². The molecular weight excluding hydrogens is 242 g/mol. The van der Waals surface area contributed by atoms with Crippen molar-refractivity contribution in [3.05, 3.63) is 0 Å². The first-order valence-electron chi connectivity index (χ1n) is 5.45. The third-order valence-corrected chi connectivity index (χ3v) is 1.85. The highest BCUT2D eigenvalue weighted by Crippen LogP contribution is 2.11. The second-order valence-corrected chi connectivity index (χ2v) is 4.65. The normalized spacial score (nSPS) is 12.4. The molecule has 0 heterocycles. The van der Waals surface area contributed by atoms with Crippen LogP contribution in [0.3, 0.4) is 0 Å². The summed E-state index contributed by atoms with van der Waals surface area (Å²) in [5.41, 5.74) is -0.721. The first-order chi connectivity index (χ1) is 8.15. The second kappa shape index (κ2) is 6.83. The number of ether oxygens (including phenoxy) is 2. The fraction of sp³-hybridized carbons (Fsp3) is 0.727. The van der Waals surface area contributed by atoms with Crippen LogP contribution in [0.1, 0.15) is 33.6 Å². The Labute approximate surface area is 105 Å². The van der Waals surface area contributed by atoms with Crippen LogP contribution in [0, 0.1) is 0 Å². The van der Waals surface area contributed by atoms with E-state index in [1.165, 1.54) is 7.11 Å². The van der Waals surface area contributed by atoms with Crippen LogP contribution in [-0.4, -0.2) is 41.9 Å². The molecule has 0 aromatic heterocycles. The number of esters is 2. The first-order valence-corrected chi connectivity index (χ1v) is 5.45. The van der Waals surface area contributed by atoms with Crippen molar-refractivity contribution in [2.24, 2.45) is 0 Å². The standard InChI is InChI=1S/C11H19NO6/c1-11(2,3)18-9(14)7(12-10(15)16)5-6-8(13)17-4/h7,12H,5-6H2,1-4H3,(H,15,16)/t7-/m0/s1. The van der Waals surface area contributed by atoms with Crippen LogP contribution in [0.4, 0.5) is 4.79 Å². The summed E-state index contributed by atoms with van der Waals surface area (Å²) in [6.45, 7) is 5.01. The zero-order valence-electron chi connectivity index (χ0n) is 11.0. The minimum atomic E-state index is -1.35. The number of amides is 1. The fourth-order valence-electron chi connectivity index (χ4n) is 1.14. The van der Waals surface area contributed by atoms with E-state index in [0.717, 1.165) is 0 Å². The number of methoxy groups -OCH3 is 1. The van der Waals surface area contributed by atoms with E-state index in [-0.39, 0.29) is 12.8 Å².